The predicted molar refractivity (Wildman–Crippen MR) is 166 cm³/mol. The summed E-state index contributed by atoms with van der Waals surface area (Å²) in [5, 5.41) is 17.6. The zero-order chi connectivity index (χ0) is 27.8. The van der Waals surface area contributed by atoms with Crippen molar-refractivity contribution in [3.05, 3.63) is 91.0 Å². The van der Waals surface area contributed by atoms with Crippen molar-refractivity contribution in [2.75, 3.05) is 0 Å². The largest absolute Gasteiger partial charge is 0.495 e. The Kier molecular flexibility index (Phi) is 5.44. The normalized spacial score (nSPS) is 12.8. The number of benzene rings is 5. The molecule has 0 unspecified atom stereocenters. The van der Waals surface area contributed by atoms with E-state index >= 15 is 0 Å². The van der Waals surface area contributed by atoms with Gasteiger partial charge in [0.05, 0.1) is 5.60 Å². The first-order valence-electron chi connectivity index (χ1n) is 13.8. The lowest BCUT2D eigenvalue weighted by molar-refractivity contribution is -0.0128. The van der Waals surface area contributed by atoms with Crippen LogP contribution in [0.15, 0.2) is 99.8 Å². The van der Waals surface area contributed by atoms with Crippen LogP contribution in [0.4, 0.5) is 0 Å². The second-order valence-corrected chi connectivity index (χ2v) is 12.2. The zero-order valence-corrected chi connectivity index (χ0v) is 23.4. The predicted octanol–water partition coefficient (Wildman–Crippen LogP) is 8.83. The van der Waals surface area contributed by atoms with Gasteiger partial charge < -0.3 is 18.5 Å². The van der Waals surface area contributed by atoms with Crippen LogP contribution in [0.1, 0.15) is 34.6 Å². The van der Waals surface area contributed by atoms with E-state index < -0.39 is 12.7 Å². The van der Waals surface area contributed by atoms with E-state index in [9.17, 15) is 5.02 Å². The molecule has 4 nitrogen and oxygen atoms in total. The van der Waals surface area contributed by atoms with Crippen molar-refractivity contribution in [1.29, 1.82) is 0 Å². The maximum atomic E-state index is 11.2. The highest BCUT2D eigenvalue weighted by Gasteiger charge is 2.38. The first-order valence-corrected chi connectivity index (χ1v) is 13.8. The van der Waals surface area contributed by atoms with Gasteiger partial charge in [-0.1, -0.05) is 93.6 Å². The van der Waals surface area contributed by atoms with Crippen molar-refractivity contribution in [2.45, 2.75) is 40.2 Å². The van der Waals surface area contributed by atoms with Crippen LogP contribution >= 0.6 is 0 Å². The summed E-state index contributed by atoms with van der Waals surface area (Å²) in [5.41, 5.74) is 5.13. The summed E-state index contributed by atoms with van der Waals surface area (Å²) < 4.78 is 19.1. The van der Waals surface area contributed by atoms with Crippen molar-refractivity contribution in [3.63, 3.8) is 0 Å². The molecule has 2 aromatic heterocycles. The molecule has 2 heterocycles. The van der Waals surface area contributed by atoms with E-state index in [0.29, 0.717) is 11.0 Å². The first kappa shape index (κ1) is 24.9. The van der Waals surface area contributed by atoms with Crippen LogP contribution in [0.25, 0.3) is 65.8 Å². The van der Waals surface area contributed by atoms with Crippen LogP contribution in [0.2, 0.25) is 0 Å². The van der Waals surface area contributed by atoms with E-state index in [0.717, 1.165) is 60.2 Å². The molecule has 0 radical (unpaired) electrons. The standard InChI is InChI=1S/C35H31BO4/c1-34(2,3)35(4,5)40-36(37)29-17-10-16-26-25-15-9-14-24(32(25)39-33(26)29)22-13-8-11-21-19-28-23-12-6-7-18-30(23)38-31(28)20-27(21)22/h6-20,37H,1-5H3. The van der Waals surface area contributed by atoms with Gasteiger partial charge in [0.1, 0.15) is 22.3 Å². The van der Waals surface area contributed by atoms with Gasteiger partial charge in [0.2, 0.25) is 0 Å². The molecule has 0 atom stereocenters. The Bertz CT molecular complexity index is 2070. The van der Waals surface area contributed by atoms with Crippen LogP contribution in [0.3, 0.4) is 0 Å². The lowest BCUT2D eigenvalue weighted by atomic mass is 9.73. The fourth-order valence-electron chi connectivity index (χ4n) is 5.50. The maximum absolute atomic E-state index is 11.2. The van der Waals surface area contributed by atoms with Gasteiger partial charge in [-0.05, 0) is 53.8 Å². The molecule has 1 N–H and O–H groups in total. The van der Waals surface area contributed by atoms with Crippen LogP contribution in [0.5, 0.6) is 0 Å². The molecule has 198 valence electrons. The molecule has 0 fully saturated rings. The third-order valence-electron chi connectivity index (χ3n) is 8.70. The average molecular weight is 526 g/mol. The molecule has 0 amide bonds. The molecule has 40 heavy (non-hydrogen) atoms. The monoisotopic (exact) mass is 526 g/mol. The van der Waals surface area contributed by atoms with Gasteiger partial charge in [-0.25, -0.2) is 0 Å². The molecule has 0 saturated carbocycles. The minimum atomic E-state index is -1.12. The zero-order valence-electron chi connectivity index (χ0n) is 23.4. The lowest BCUT2D eigenvalue weighted by Crippen LogP contribution is -2.48. The highest BCUT2D eigenvalue weighted by atomic mass is 16.5. The number of para-hydroxylation sites is 3. The molecular weight excluding hydrogens is 495 g/mol. The van der Waals surface area contributed by atoms with Crippen LogP contribution < -0.4 is 5.46 Å². The quantitative estimate of drug-likeness (QED) is 0.233. The lowest BCUT2D eigenvalue weighted by Gasteiger charge is -2.40. The molecule has 0 aliphatic carbocycles. The minimum absolute atomic E-state index is 0.164. The summed E-state index contributed by atoms with van der Waals surface area (Å²) in [6.45, 7) is 10.3. The molecule has 0 spiro atoms. The minimum Gasteiger partial charge on any atom is -0.456 e. The third kappa shape index (κ3) is 3.76. The summed E-state index contributed by atoms with van der Waals surface area (Å²) in [4.78, 5) is 0. The number of hydrogen-bond acceptors (Lipinski definition) is 4. The second kappa shape index (κ2) is 8.72. The Morgan fingerprint density at radius 1 is 0.600 bits per heavy atom. The molecular formula is C35H31BO4. The van der Waals surface area contributed by atoms with E-state index in [4.69, 9.17) is 13.5 Å². The van der Waals surface area contributed by atoms with Gasteiger partial charge in [-0.3, -0.25) is 0 Å². The highest BCUT2D eigenvalue weighted by Crippen LogP contribution is 2.41. The number of furan rings is 2. The van der Waals surface area contributed by atoms with E-state index in [1.165, 1.54) is 0 Å². The molecule has 5 aromatic carbocycles. The third-order valence-corrected chi connectivity index (χ3v) is 8.70. The van der Waals surface area contributed by atoms with Crippen molar-refractivity contribution < 1.29 is 18.5 Å². The Labute approximate surface area is 233 Å². The van der Waals surface area contributed by atoms with E-state index in [1.54, 1.807) is 0 Å². The van der Waals surface area contributed by atoms with Crippen LogP contribution in [-0.2, 0) is 4.65 Å². The topological polar surface area (TPSA) is 55.7 Å². The summed E-state index contributed by atoms with van der Waals surface area (Å²) in [6, 6.07) is 31.0. The summed E-state index contributed by atoms with van der Waals surface area (Å²) >= 11 is 0. The molecule has 5 heteroatoms. The van der Waals surface area contributed by atoms with Gasteiger partial charge in [0.25, 0.3) is 0 Å². The van der Waals surface area contributed by atoms with Crippen molar-refractivity contribution in [2.24, 2.45) is 5.41 Å². The number of fused-ring (bicyclic) bond motifs is 7. The van der Waals surface area contributed by atoms with Crippen molar-refractivity contribution in [3.8, 4) is 11.1 Å². The molecule has 0 bridgehead atoms. The summed E-state index contributed by atoms with van der Waals surface area (Å²) in [6.07, 6.45) is 0. The van der Waals surface area contributed by atoms with Gasteiger partial charge in [-0.15, -0.1) is 0 Å². The van der Waals surface area contributed by atoms with Crippen molar-refractivity contribution in [1.82, 2.24) is 0 Å². The van der Waals surface area contributed by atoms with Gasteiger partial charge in [0, 0.05) is 32.6 Å². The molecule has 0 saturated heterocycles. The highest BCUT2D eigenvalue weighted by molar-refractivity contribution is 6.63. The Morgan fingerprint density at radius 2 is 1.27 bits per heavy atom. The SMILES string of the molecule is CC(C)(C)C(C)(C)OB(O)c1cccc2c1oc1c(-c3cccc4cc5c(cc34)oc3ccccc35)cccc12. The Balaban J connectivity index is 1.42. The van der Waals surface area contributed by atoms with Crippen molar-refractivity contribution >= 4 is 67.2 Å². The smallest absolute Gasteiger partial charge is 0.456 e. The average Bonchev–Trinajstić information content (AvgIpc) is 3.48. The van der Waals surface area contributed by atoms with Crippen LogP contribution in [-0.4, -0.2) is 17.7 Å². The maximum Gasteiger partial charge on any atom is 0.495 e. The first-order chi connectivity index (χ1) is 19.1. The van der Waals surface area contributed by atoms with E-state index in [-0.39, 0.29) is 5.41 Å². The number of rotatable bonds is 4. The fraction of sp³-hybridized carbons (Fsp3) is 0.200. The summed E-state index contributed by atoms with van der Waals surface area (Å²) in [7, 11) is -1.12. The Hall–Kier alpha value is -4.06. The van der Waals surface area contributed by atoms with Gasteiger partial charge in [0.15, 0.2) is 0 Å². The Morgan fingerprint density at radius 3 is 2.08 bits per heavy atom. The molecule has 0 aliphatic rings. The van der Waals surface area contributed by atoms with Crippen LogP contribution in [0, 0.1) is 5.41 Å². The summed E-state index contributed by atoms with van der Waals surface area (Å²) in [5.74, 6) is 0. The second-order valence-electron chi connectivity index (χ2n) is 12.2. The molecule has 0 aliphatic heterocycles. The van der Waals surface area contributed by atoms with E-state index in [2.05, 4.69) is 75.4 Å². The van der Waals surface area contributed by atoms with Gasteiger partial charge in [-0.2, -0.15) is 0 Å². The van der Waals surface area contributed by atoms with E-state index in [1.807, 2.05) is 50.2 Å². The van der Waals surface area contributed by atoms with Gasteiger partial charge >= 0.3 is 7.12 Å². The number of hydrogen-bond donors (Lipinski definition) is 1. The molecule has 7 aromatic rings. The fourth-order valence-corrected chi connectivity index (χ4v) is 5.50. The molecule has 7 rings (SSSR count).